The lowest BCUT2D eigenvalue weighted by Gasteiger charge is -2.17. The van der Waals surface area contributed by atoms with E-state index < -0.39 is 11.7 Å². The molecule has 0 bridgehead atoms. The molecule has 0 saturated heterocycles. The molecule has 1 aliphatic rings. The average Bonchev–Trinajstić information content (AvgIpc) is 3.36. The predicted molar refractivity (Wildman–Crippen MR) is 105 cm³/mol. The number of carbonyl (C=O) groups excluding carboxylic acids is 1. The molecule has 0 N–H and O–H groups in total. The van der Waals surface area contributed by atoms with Crippen molar-refractivity contribution < 1.29 is 27.4 Å². The molecule has 0 radical (unpaired) electrons. The van der Waals surface area contributed by atoms with Crippen molar-refractivity contribution in [3.63, 3.8) is 0 Å². The van der Waals surface area contributed by atoms with Crippen molar-refractivity contribution in [2.45, 2.75) is 19.1 Å². The summed E-state index contributed by atoms with van der Waals surface area (Å²) < 4.78 is 48.7. The third kappa shape index (κ3) is 4.40. The summed E-state index contributed by atoms with van der Waals surface area (Å²) in [7, 11) is 1.70. The van der Waals surface area contributed by atoms with Crippen LogP contribution in [0.15, 0.2) is 47.8 Å². The number of rotatable bonds is 5. The lowest BCUT2D eigenvalue weighted by molar-refractivity contribution is -0.137. The van der Waals surface area contributed by atoms with Crippen LogP contribution in [0.3, 0.4) is 0 Å². The first kappa shape index (κ1) is 20.2. The topological polar surface area (TPSA) is 51.7 Å². The normalized spacial score (nSPS) is 12.8. The summed E-state index contributed by atoms with van der Waals surface area (Å²) in [5, 5.41) is 2.32. The van der Waals surface area contributed by atoms with Crippen molar-refractivity contribution in [1.29, 1.82) is 0 Å². The van der Waals surface area contributed by atoms with Gasteiger partial charge in [0.2, 0.25) is 12.7 Å². The molecule has 0 fully saturated rings. The largest absolute Gasteiger partial charge is 0.454 e. The van der Waals surface area contributed by atoms with E-state index in [-0.39, 0.29) is 19.1 Å². The number of hydrogen-bond donors (Lipinski definition) is 0. The fourth-order valence-electron chi connectivity index (χ4n) is 3.01. The molecule has 156 valence electrons. The molecular weight excluding hydrogens is 417 g/mol. The Labute approximate surface area is 174 Å². The Morgan fingerprint density at radius 3 is 2.60 bits per heavy atom. The summed E-state index contributed by atoms with van der Waals surface area (Å²) in [6.07, 6.45) is -4.26. The number of likely N-dealkylation sites (N-methyl/N-ethyl adjacent to an activating group) is 1. The second-order valence-corrected chi connectivity index (χ2v) is 7.69. The van der Waals surface area contributed by atoms with Crippen LogP contribution in [0.5, 0.6) is 11.5 Å². The molecular formula is C21H17F3N2O3S. The summed E-state index contributed by atoms with van der Waals surface area (Å²) in [4.78, 5) is 18.6. The van der Waals surface area contributed by atoms with Gasteiger partial charge in [-0.15, -0.1) is 11.3 Å². The lowest BCUT2D eigenvalue weighted by atomic mass is 10.1. The Kier molecular flexibility index (Phi) is 5.38. The number of ether oxygens (including phenoxy) is 2. The Morgan fingerprint density at radius 1 is 1.13 bits per heavy atom. The van der Waals surface area contributed by atoms with E-state index in [0.29, 0.717) is 34.3 Å². The number of benzene rings is 2. The van der Waals surface area contributed by atoms with Gasteiger partial charge in [-0.25, -0.2) is 4.98 Å². The highest BCUT2D eigenvalue weighted by Gasteiger charge is 2.30. The van der Waals surface area contributed by atoms with Crippen molar-refractivity contribution in [3.8, 4) is 22.1 Å². The predicted octanol–water partition coefficient (Wildman–Crippen LogP) is 4.76. The first-order valence-electron chi connectivity index (χ1n) is 9.04. The first-order valence-corrected chi connectivity index (χ1v) is 9.92. The Hall–Kier alpha value is -3.07. The molecule has 0 atom stereocenters. The minimum Gasteiger partial charge on any atom is -0.454 e. The molecule has 30 heavy (non-hydrogen) atoms. The maximum Gasteiger partial charge on any atom is 0.416 e. The number of fused-ring (bicyclic) bond motifs is 1. The second kappa shape index (κ2) is 7.98. The van der Waals surface area contributed by atoms with E-state index in [2.05, 4.69) is 4.98 Å². The van der Waals surface area contributed by atoms with E-state index in [1.54, 1.807) is 17.3 Å². The van der Waals surface area contributed by atoms with Crippen LogP contribution in [0.2, 0.25) is 0 Å². The number of hydrogen-bond acceptors (Lipinski definition) is 5. The number of thiazole rings is 1. The van der Waals surface area contributed by atoms with Crippen LogP contribution in [-0.2, 0) is 23.9 Å². The van der Waals surface area contributed by atoms with Crippen LogP contribution >= 0.6 is 11.3 Å². The zero-order valence-corrected chi connectivity index (χ0v) is 16.7. The van der Waals surface area contributed by atoms with Crippen LogP contribution in [-0.4, -0.2) is 29.6 Å². The summed E-state index contributed by atoms with van der Waals surface area (Å²) in [5.41, 5.74) is 1.38. The highest BCUT2D eigenvalue weighted by Crippen LogP contribution is 2.33. The highest BCUT2D eigenvalue weighted by atomic mass is 32.1. The highest BCUT2D eigenvalue weighted by molar-refractivity contribution is 7.13. The zero-order valence-electron chi connectivity index (χ0n) is 15.9. The van der Waals surface area contributed by atoms with E-state index in [1.165, 1.54) is 23.5 Å². The van der Waals surface area contributed by atoms with Crippen molar-refractivity contribution in [2.75, 3.05) is 13.8 Å². The molecule has 2 heterocycles. The molecule has 0 spiro atoms. The molecule has 4 rings (SSSR count). The Balaban J connectivity index is 1.38. The van der Waals surface area contributed by atoms with Gasteiger partial charge in [0.25, 0.3) is 0 Å². The Morgan fingerprint density at radius 2 is 1.87 bits per heavy atom. The van der Waals surface area contributed by atoms with Gasteiger partial charge in [-0.1, -0.05) is 18.2 Å². The molecule has 1 aromatic heterocycles. The molecule has 0 aliphatic carbocycles. The van der Waals surface area contributed by atoms with E-state index >= 15 is 0 Å². The summed E-state index contributed by atoms with van der Waals surface area (Å²) >= 11 is 1.29. The van der Waals surface area contributed by atoms with Gasteiger partial charge in [-0.2, -0.15) is 13.2 Å². The Bertz CT molecular complexity index is 1060. The maximum absolute atomic E-state index is 12.7. The standard InChI is InChI=1S/C21H17F3N2O3S/c1-26(10-13-2-7-17-18(8-13)29-12-28-17)19(27)9-16-11-30-20(25-16)14-3-5-15(6-4-14)21(22,23)24/h2-8,11H,9-10,12H2,1H3. The molecule has 0 unspecified atom stereocenters. The molecule has 9 heteroatoms. The fraction of sp³-hybridized carbons (Fsp3) is 0.238. The molecule has 0 saturated carbocycles. The van der Waals surface area contributed by atoms with Gasteiger partial charge in [0, 0.05) is 24.5 Å². The minimum atomic E-state index is -4.37. The minimum absolute atomic E-state index is 0.109. The third-order valence-electron chi connectivity index (χ3n) is 4.63. The second-order valence-electron chi connectivity index (χ2n) is 6.83. The van der Waals surface area contributed by atoms with Crippen molar-refractivity contribution >= 4 is 17.2 Å². The first-order chi connectivity index (χ1) is 14.3. The van der Waals surface area contributed by atoms with E-state index in [9.17, 15) is 18.0 Å². The van der Waals surface area contributed by atoms with Crippen molar-refractivity contribution in [1.82, 2.24) is 9.88 Å². The van der Waals surface area contributed by atoms with Gasteiger partial charge < -0.3 is 14.4 Å². The number of amides is 1. The zero-order chi connectivity index (χ0) is 21.3. The summed E-state index contributed by atoms with van der Waals surface area (Å²) in [5.74, 6) is 1.23. The van der Waals surface area contributed by atoms with E-state index in [4.69, 9.17) is 9.47 Å². The average molecular weight is 434 g/mol. The summed E-state index contributed by atoms with van der Waals surface area (Å²) in [6, 6.07) is 10.4. The van der Waals surface area contributed by atoms with Gasteiger partial charge in [0.1, 0.15) is 5.01 Å². The SMILES string of the molecule is CN(Cc1ccc2c(c1)OCO2)C(=O)Cc1csc(-c2ccc(C(F)(F)F)cc2)n1. The van der Waals surface area contributed by atoms with Gasteiger partial charge >= 0.3 is 6.18 Å². The van der Waals surface area contributed by atoms with Gasteiger partial charge in [-0.3, -0.25) is 4.79 Å². The van der Waals surface area contributed by atoms with Crippen LogP contribution in [0.25, 0.3) is 10.6 Å². The molecule has 3 aromatic rings. The monoisotopic (exact) mass is 434 g/mol. The number of alkyl halides is 3. The number of nitrogens with zero attached hydrogens (tertiary/aromatic N) is 2. The summed E-state index contributed by atoms with van der Waals surface area (Å²) in [6.45, 7) is 0.601. The number of aromatic nitrogens is 1. The molecule has 1 amide bonds. The van der Waals surface area contributed by atoms with Crippen molar-refractivity contribution in [2.24, 2.45) is 0 Å². The van der Waals surface area contributed by atoms with Crippen LogP contribution in [0.4, 0.5) is 13.2 Å². The number of halogens is 3. The van der Waals surface area contributed by atoms with Crippen LogP contribution < -0.4 is 9.47 Å². The number of carbonyl (C=O) groups is 1. The quantitative estimate of drug-likeness (QED) is 0.581. The molecule has 5 nitrogen and oxygen atoms in total. The molecule has 1 aliphatic heterocycles. The van der Waals surface area contributed by atoms with Crippen LogP contribution in [0, 0.1) is 0 Å². The van der Waals surface area contributed by atoms with Crippen molar-refractivity contribution in [3.05, 3.63) is 64.7 Å². The fourth-order valence-corrected chi connectivity index (χ4v) is 3.84. The van der Waals surface area contributed by atoms with Gasteiger partial charge in [0.05, 0.1) is 17.7 Å². The van der Waals surface area contributed by atoms with E-state index in [1.807, 2.05) is 18.2 Å². The van der Waals surface area contributed by atoms with Crippen LogP contribution in [0.1, 0.15) is 16.8 Å². The maximum atomic E-state index is 12.7. The lowest BCUT2D eigenvalue weighted by Crippen LogP contribution is -2.27. The van der Waals surface area contributed by atoms with E-state index in [0.717, 1.165) is 17.7 Å². The van der Waals surface area contributed by atoms with Gasteiger partial charge in [-0.05, 0) is 29.8 Å². The van der Waals surface area contributed by atoms with Gasteiger partial charge in [0.15, 0.2) is 11.5 Å². The third-order valence-corrected chi connectivity index (χ3v) is 5.57. The smallest absolute Gasteiger partial charge is 0.416 e. The molecule has 2 aromatic carbocycles.